The molecule has 0 aromatic heterocycles. The predicted molar refractivity (Wildman–Crippen MR) is 66.6 cm³/mol. The van der Waals surface area contributed by atoms with Crippen LogP contribution in [0.25, 0.3) is 6.08 Å². The molecule has 92 valence electrons. The lowest BCUT2D eigenvalue weighted by atomic mass is 10.1. The molecule has 0 fully saturated rings. The molecule has 1 aromatic carbocycles. The van der Waals surface area contributed by atoms with Crippen LogP contribution in [0.4, 0.5) is 5.69 Å². The highest BCUT2D eigenvalue weighted by Gasteiger charge is 2.15. The second-order valence-corrected chi connectivity index (χ2v) is 4.19. The lowest BCUT2D eigenvalue weighted by Gasteiger charge is -2.00. The number of hydrogen-bond acceptors (Lipinski definition) is 4. The molecule has 1 rings (SSSR count). The van der Waals surface area contributed by atoms with Gasteiger partial charge in [-0.25, -0.2) is 4.79 Å². The first-order valence-electron chi connectivity index (χ1n) is 4.70. The second-order valence-electron chi connectivity index (χ2n) is 3.27. The Bertz CT molecular complexity index is 575. The van der Waals surface area contributed by atoms with Crippen LogP contribution in [0.3, 0.4) is 0 Å². The molecule has 0 saturated carbocycles. The molecule has 0 atom stereocenters. The summed E-state index contributed by atoms with van der Waals surface area (Å²) in [7, 11) is 0. The monoisotopic (exact) mass is 310 g/mol. The van der Waals surface area contributed by atoms with Gasteiger partial charge in [0.15, 0.2) is 0 Å². The van der Waals surface area contributed by atoms with Crippen molar-refractivity contribution in [3.05, 3.63) is 43.9 Å². The van der Waals surface area contributed by atoms with Gasteiger partial charge in [-0.3, -0.25) is 10.1 Å². The van der Waals surface area contributed by atoms with E-state index in [0.29, 0.717) is 4.47 Å². The molecule has 0 aliphatic heterocycles. The molecule has 1 aromatic rings. The number of aliphatic carboxylic acids is 1. The van der Waals surface area contributed by atoms with E-state index in [2.05, 4.69) is 15.9 Å². The van der Waals surface area contributed by atoms with E-state index >= 15 is 0 Å². The first kappa shape index (κ1) is 13.9. The molecule has 0 amide bonds. The van der Waals surface area contributed by atoms with Gasteiger partial charge in [0.25, 0.3) is 5.69 Å². The average Bonchev–Trinajstić information content (AvgIpc) is 2.30. The fourth-order valence-corrected chi connectivity index (χ4v) is 1.61. The van der Waals surface area contributed by atoms with Crippen LogP contribution in [0, 0.1) is 21.4 Å². The molecule has 7 heteroatoms. The summed E-state index contributed by atoms with van der Waals surface area (Å²) in [5.41, 5.74) is -0.264. The summed E-state index contributed by atoms with van der Waals surface area (Å²) in [5, 5.41) is 28.2. The number of nitro benzene ring substituents is 1. The molecule has 0 unspecified atom stereocenters. The summed E-state index contributed by atoms with van der Waals surface area (Å²) in [5.74, 6) is -1.27. The number of halogens is 1. The minimum atomic E-state index is -1.27. The lowest BCUT2D eigenvalue weighted by molar-refractivity contribution is -0.385. The van der Waals surface area contributed by atoms with E-state index in [1.165, 1.54) is 12.1 Å². The fourth-order valence-electron chi connectivity index (χ4n) is 1.26. The molecule has 0 heterocycles. The van der Waals surface area contributed by atoms with Gasteiger partial charge in [0.05, 0.1) is 28.5 Å². The largest absolute Gasteiger partial charge is 0.478 e. The minimum absolute atomic E-state index is 0.149. The molecule has 0 saturated heterocycles. The zero-order chi connectivity index (χ0) is 13.7. The number of rotatable bonds is 4. The van der Waals surface area contributed by atoms with Crippen molar-refractivity contribution in [3.63, 3.8) is 0 Å². The van der Waals surface area contributed by atoms with Crippen molar-refractivity contribution in [1.29, 1.82) is 5.26 Å². The molecular formula is C11H7BrN2O4. The molecule has 0 bridgehead atoms. The number of nitrogens with zero attached hydrogens (tertiary/aromatic N) is 2. The maximum absolute atomic E-state index is 10.8. The zero-order valence-corrected chi connectivity index (χ0v) is 10.5. The number of hydrogen-bond donors (Lipinski definition) is 1. The number of carboxylic acids is 1. The number of nitro groups is 1. The number of benzene rings is 1. The number of nitriles is 1. The highest BCUT2D eigenvalue weighted by molar-refractivity contribution is 9.10. The van der Waals surface area contributed by atoms with E-state index in [-0.39, 0.29) is 23.2 Å². The highest BCUT2D eigenvalue weighted by atomic mass is 79.9. The molecular weight excluding hydrogens is 304 g/mol. The van der Waals surface area contributed by atoms with E-state index in [9.17, 15) is 14.9 Å². The Balaban J connectivity index is 3.33. The van der Waals surface area contributed by atoms with Crippen LogP contribution < -0.4 is 0 Å². The van der Waals surface area contributed by atoms with Gasteiger partial charge in [-0.1, -0.05) is 15.9 Å². The standard InChI is InChI=1S/C11H7BrN2O4/c12-9-2-1-7(10(6-9)14(17)18)5-8(3-4-13)11(15)16/h1-2,5-6H,3H2,(H,15,16). The van der Waals surface area contributed by atoms with Crippen molar-refractivity contribution in [2.45, 2.75) is 6.42 Å². The van der Waals surface area contributed by atoms with Crippen LogP contribution in [-0.4, -0.2) is 16.0 Å². The van der Waals surface area contributed by atoms with Crippen LogP contribution in [0.5, 0.6) is 0 Å². The first-order valence-corrected chi connectivity index (χ1v) is 5.49. The average molecular weight is 311 g/mol. The molecule has 0 aliphatic rings. The summed E-state index contributed by atoms with van der Waals surface area (Å²) in [6.45, 7) is 0. The van der Waals surface area contributed by atoms with Crippen LogP contribution in [-0.2, 0) is 4.79 Å². The number of carboxylic acid groups (broad SMARTS) is 1. The van der Waals surface area contributed by atoms with Gasteiger partial charge in [-0.05, 0) is 18.2 Å². The van der Waals surface area contributed by atoms with Crippen molar-refractivity contribution >= 4 is 33.7 Å². The Morgan fingerprint density at radius 2 is 2.28 bits per heavy atom. The van der Waals surface area contributed by atoms with Gasteiger partial charge >= 0.3 is 5.97 Å². The fraction of sp³-hybridized carbons (Fsp3) is 0.0909. The summed E-state index contributed by atoms with van der Waals surface area (Å²) in [4.78, 5) is 21.1. The summed E-state index contributed by atoms with van der Waals surface area (Å²) in [6.07, 6.45) is 0.818. The van der Waals surface area contributed by atoms with Crippen molar-refractivity contribution in [1.82, 2.24) is 0 Å². The van der Waals surface area contributed by atoms with Crippen molar-refractivity contribution in [2.75, 3.05) is 0 Å². The third-order valence-corrected chi connectivity index (χ3v) is 2.56. The van der Waals surface area contributed by atoms with Gasteiger partial charge in [0, 0.05) is 10.5 Å². The Morgan fingerprint density at radius 3 is 2.78 bits per heavy atom. The molecule has 6 nitrogen and oxygen atoms in total. The van der Waals surface area contributed by atoms with E-state index in [1.54, 1.807) is 12.1 Å². The van der Waals surface area contributed by atoms with Crippen LogP contribution >= 0.6 is 15.9 Å². The minimum Gasteiger partial charge on any atom is -0.478 e. The SMILES string of the molecule is N#CCC(=Cc1ccc(Br)cc1[N+](=O)[O-])C(=O)O. The predicted octanol–water partition coefficient (Wildman–Crippen LogP) is 2.74. The lowest BCUT2D eigenvalue weighted by Crippen LogP contribution is -2.00. The second kappa shape index (κ2) is 5.93. The third kappa shape index (κ3) is 3.40. The normalized spacial score (nSPS) is 10.8. The summed E-state index contributed by atoms with van der Waals surface area (Å²) >= 11 is 3.10. The van der Waals surface area contributed by atoms with Crippen molar-refractivity contribution < 1.29 is 14.8 Å². The van der Waals surface area contributed by atoms with E-state index < -0.39 is 10.9 Å². The van der Waals surface area contributed by atoms with Crippen LogP contribution in [0.2, 0.25) is 0 Å². The van der Waals surface area contributed by atoms with Crippen LogP contribution in [0.1, 0.15) is 12.0 Å². The van der Waals surface area contributed by atoms with Crippen molar-refractivity contribution in [3.8, 4) is 6.07 Å². The van der Waals surface area contributed by atoms with Gasteiger partial charge in [-0.2, -0.15) is 5.26 Å². The third-order valence-electron chi connectivity index (χ3n) is 2.06. The Kier molecular flexibility index (Phi) is 4.57. The molecule has 1 N–H and O–H groups in total. The highest BCUT2D eigenvalue weighted by Crippen LogP contribution is 2.26. The first-order chi connectivity index (χ1) is 8.45. The van der Waals surface area contributed by atoms with E-state index in [4.69, 9.17) is 10.4 Å². The summed E-state index contributed by atoms with van der Waals surface area (Å²) in [6, 6.07) is 5.96. The maximum Gasteiger partial charge on any atom is 0.332 e. The van der Waals surface area contributed by atoms with Crippen molar-refractivity contribution in [2.24, 2.45) is 0 Å². The Labute approximate surface area is 110 Å². The zero-order valence-electron chi connectivity index (χ0n) is 8.96. The smallest absolute Gasteiger partial charge is 0.332 e. The van der Waals surface area contributed by atoms with Gasteiger partial charge < -0.3 is 5.11 Å². The summed E-state index contributed by atoms with van der Waals surface area (Å²) < 4.78 is 0.517. The van der Waals surface area contributed by atoms with Gasteiger partial charge in [0.1, 0.15) is 0 Å². The van der Waals surface area contributed by atoms with Gasteiger partial charge in [-0.15, -0.1) is 0 Å². The molecule has 0 radical (unpaired) electrons. The van der Waals surface area contributed by atoms with E-state index in [0.717, 1.165) is 6.08 Å². The Hall–Kier alpha value is -2.20. The Morgan fingerprint density at radius 1 is 1.61 bits per heavy atom. The van der Waals surface area contributed by atoms with Gasteiger partial charge in [0.2, 0.25) is 0 Å². The topological polar surface area (TPSA) is 104 Å². The van der Waals surface area contributed by atoms with Crippen LogP contribution in [0.15, 0.2) is 28.2 Å². The maximum atomic E-state index is 10.8. The number of carbonyl (C=O) groups is 1. The molecule has 0 spiro atoms. The quantitative estimate of drug-likeness (QED) is 0.523. The molecule has 0 aliphatic carbocycles. The molecule has 18 heavy (non-hydrogen) atoms. The van der Waals surface area contributed by atoms with E-state index in [1.807, 2.05) is 0 Å².